The summed E-state index contributed by atoms with van der Waals surface area (Å²) in [6.45, 7) is 7.87. The fourth-order valence-corrected chi connectivity index (χ4v) is 4.58. The molecule has 0 aliphatic heterocycles. The summed E-state index contributed by atoms with van der Waals surface area (Å²) in [5, 5.41) is 5.36. The van der Waals surface area contributed by atoms with Crippen molar-refractivity contribution in [2.75, 3.05) is 31.6 Å². The first-order valence-corrected chi connectivity index (χ1v) is 12.5. The highest BCUT2D eigenvalue weighted by atomic mass is 32.2. The zero-order valence-electron chi connectivity index (χ0n) is 19.8. The molecule has 10 heteroatoms. The van der Waals surface area contributed by atoms with Gasteiger partial charge in [-0.2, -0.15) is 4.31 Å². The van der Waals surface area contributed by atoms with Crippen molar-refractivity contribution in [3.8, 4) is 0 Å². The van der Waals surface area contributed by atoms with Crippen molar-refractivity contribution in [3.63, 3.8) is 0 Å². The number of nitrogens with one attached hydrogen (secondary N) is 2. The van der Waals surface area contributed by atoms with E-state index in [2.05, 4.69) is 10.6 Å². The molecule has 34 heavy (non-hydrogen) atoms. The van der Waals surface area contributed by atoms with Gasteiger partial charge in [-0.05, 0) is 36.2 Å². The summed E-state index contributed by atoms with van der Waals surface area (Å²) in [7, 11) is -3.74. The lowest BCUT2D eigenvalue weighted by molar-refractivity contribution is -0.119. The van der Waals surface area contributed by atoms with Gasteiger partial charge in [-0.15, -0.1) is 0 Å². The molecule has 0 bridgehead atoms. The number of ether oxygens (including phenoxy) is 1. The van der Waals surface area contributed by atoms with Gasteiger partial charge < -0.3 is 15.4 Å². The molecule has 0 atom stereocenters. The Labute approximate surface area is 200 Å². The number of anilines is 1. The number of sulfonamides is 1. The minimum atomic E-state index is -3.74. The van der Waals surface area contributed by atoms with E-state index in [0.717, 1.165) is 0 Å². The molecular formula is C24H31N3O6S. The number of hydrogen-bond acceptors (Lipinski definition) is 6. The predicted octanol–water partition coefficient (Wildman–Crippen LogP) is 2.90. The van der Waals surface area contributed by atoms with Gasteiger partial charge >= 0.3 is 5.97 Å². The number of benzene rings is 2. The van der Waals surface area contributed by atoms with Gasteiger partial charge in [0.05, 0.1) is 21.7 Å². The molecule has 0 aliphatic carbocycles. The van der Waals surface area contributed by atoms with Gasteiger partial charge in [-0.3, -0.25) is 9.59 Å². The van der Waals surface area contributed by atoms with Crippen LogP contribution in [-0.2, 0) is 19.6 Å². The Morgan fingerprint density at radius 1 is 1.00 bits per heavy atom. The molecule has 0 unspecified atom stereocenters. The van der Waals surface area contributed by atoms with Gasteiger partial charge in [-0.1, -0.05) is 45.9 Å². The highest BCUT2D eigenvalue weighted by Crippen LogP contribution is 2.18. The maximum atomic E-state index is 12.7. The number of carbonyl (C=O) groups excluding carboxylic acids is 3. The van der Waals surface area contributed by atoms with E-state index in [-0.39, 0.29) is 33.5 Å². The molecule has 2 aromatic rings. The van der Waals surface area contributed by atoms with E-state index in [4.69, 9.17) is 4.74 Å². The first-order valence-electron chi connectivity index (χ1n) is 11.0. The van der Waals surface area contributed by atoms with Crippen molar-refractivity contribution in [1.29, 1.82) is 0 Å². The van der Waals surface area contributed by atoms with Crippen molar-refractivity contribution in [1.82, 2.24) is 9.62 Å². The number of amides is 2. The molecule has 0 aliphatic rings. The van der Waals surface area contributed by atoms with E-state index < -0.39 is 28.5 Å². The number of para-hydroxylation sites is 1. The highest BCUT2D eigenvalue weighted by Gasteiger charge is 2.23. The van der Waals surface area contributed by atoms with Crippen LogP contribution in [0.1, 0.15) is 48.4 Å². The lowest BCUT2D eigenvalue weighted by Gasteiger charge is -2.18. The Hall–Kier alpha value is -3.24. The molecule has 9 nitrogen and oxygen atoms in total. The highest BCUT2D eigenvalue weighted by molar-refractivity contribution is 7.89. The molecule has 2 rings (SSSR count). The maximum Gasteiger partial charge on any atom is 0.338 e. The quantitative estimate of drug-likeness (QED) is 0.468. The largest absolute Gasteiger partial charge is 0.452 e. The molecule has 0 aromatic heterocycles. The Bertz CT molecular complexity index is 1130. The molecule has 2 aromatic carbocycles. The van der Waals surface area contributed by atoms with E-state index >= 15 is 0 Å². The molecule has 0 radical (unpaired) electrons. The van der Waals surface area contributed by atoms with Crippen molar-refractivity contribution in [3.05, 3.63) is 59.7 Å². The van der Waals surface area contributed by atoms with Gasteiger partial charge in [0.1, 0.15) is 0 Å². The average Bonchev–Trinajstić information content (AvgIpc) is 2.82. The summed E-state index contributed by atoms with van der Waals surface area (Å²) in [5.41, 5.74) is 0.587. The molecule has 0 heterocycles. The smallest absolute Gasteiger partial charge is 0.338 e. The van der Waals surface area contributed by atoms with Crippen LogP contribution in [0.4, 0.5) is 5.69 Å². The Morgan fingerprint density at radius 2 is 1.68 bits per heavy atom. The van der Waals surface area contributed by atoms with Crippen LogP contribution in [0, 0.1) is 5.92 Å². The van der Waals surface area contributed by atoms with Gasteiger partial charge in [-0.25, -0.2) is 13.2 Å². The van der Waals surface area contributed by atoms with Gasteiger partial charge in [0.2, 0.25) is 10.0 Å². The van der Waals surface area contributed by atoms with Crippen molar-refractivity contribution >= 4 is 33.5 Å². The first-order chi connectivity index (χ1) is 16.1. The summed E-state index contributed by atoms with van der Waals surface area (Å²) in [6.07, 6.45) is 0. The van der Waals surface area contributed by atoms with Crippen LogP contribution in [0.5, 0.6) is 0 Å². The van der Waals surface area contributed by atoms with Crippen molar-refractivity contribution in [2.24, 2.45) is 5.92 Å². The Balaban J connectivity index is 2.05. The van der Waals surface area contributed by atoms with Crippen molar-refractivity contribution in [2.45, 2.75) is 32.6 Å². The minimum Gasteiger partial charge on any atom is -0.452 e. The van der Waals surface area contributed by atoms with E-state index in [1.165, 1.54) is 28.6 Å². The summed E-state index contributed by atoms with van der Waals surface area (Å²) >= 11 is 0. The molecular weight excluding hydrogens is 458 g/mol. The molecule has 0 saturated carbocycles. The van der Waals surface area contributed by atoms with E-state index in [0.29, 0.717) is 19.6 Å². The molecule has 2 N–H and O–H groups in total. The van der Waals surface area contributed by atoms with Crippen LogP contribution < -0.4 is 10.6 Å². The standard InChI is InChI=1S/C24H31N3O6S/c1-5-27(6-2)34(31,32)19-11-9-10-18(14-19)24(30)33-16-22(28)26-21-13-8-7-12-20(21)23(29)25-15-17(3)4/h7-14,17H,5-6,15-16H2,1-4H3,(H,25,29)(H,26,28). The summed E-state index contributed by atoms with van der Waals surface area (Å²) in [6, 6.07) is 12.0. The number of rotatable bonds is 11. The van der Waals surface area contributed by atoms with Crippen LogP contribution in [0.2, 0.25) is 0 Å². The van der Waals surface area contributed by atoms with Crippen LogP contribution >= 0.6 is 0 Å². The number of carbonyl (C=O) groups is 3. The second kappa shape index (κ2) is 12.3. The van der Waals surface area contributed by atoms with Crippen LogP contribution in [0.3, 0.4) is 0 Å². The first kappa shape index (κ1) is 27.0. The van der Waals surface area contributed by atoms with E-state index in [9.17, 15) is 22.8 Å². The third kappa shape index (κ3) is 7.13. The molecule has 0 fully saturated rings. The molecule has 2 amide bonds. The third-order valence-electron chi connectivity index (χ3n) is 4.86. The monoisotopic (exact) mass is 489 g/mol. The normalized spacial score (nSPS) is 11.4. The van der Waals surface area contributed by atoms with Crippen LogP contribution in [0.15, 0.2) is 53.4 Å². The third-order valence-corrected chi connectivity index (χ3v) is 6.91. The number of esters is 1. The predicted molar refractivity (Wildman–Crippen MR) is 129 cm³/mol. The second-order valence-corrected chi connectivity index (χ2v) is 9.83. The molecule has 0 saturated heterocycles. The minimum absolute atomic E-state index is 0.00879. The Morgan fingerprint density at radius 3 is 2.32 bits per heavy atom. The average molecular weight is 490 g/mol. The van der Waals surface area contributed by atoms with Gasteiger partial charge in [0.15, 0.2) is 6.61 Å². The summed E-state index contributed by atoms with van der Waals surface area (Å²) in [5.74, 6) is -1.53. The van der Waals surface area contributed by atoms with Crippen LogP contribution in [-0.4, -0.2) is 56.7 Å². The van der Waals surface area contributed by atoms with E-state index in [1.54, 1.807) is 38.1 Å². The molecule has 0 spiro atoms. The molecule has 184 valence electrons. The van der Waals surface area contributed by atoms with Crippen LogP contribution in [0.25, 0.3) is 0 Å². The number of nitrogens with zero attached hydrogens (tertiary/aromatic N) is 1. The lowest BCUT2D eigenvalue weighted by atomic mass is 10.1. The van der Waals surface area contributed by atoms with E-state index in [1.807, 2.05) is 13.8 Å². The summed E-state index contributed by atoms with van der Waals surface area (Å²) < 4.78 is 31.7. The topological polar surface area (TPSA) is 122 Å². The SMILES string of the molecule is CCN(CC)S(=O)(=O)c1cccc(C(=O)OCC(=O)Nc2ccccc2C(=O)NCC(C)C)c1. The summed E-state index contributed by atoms with van der Waals surface area (Å²) in [4.78, 5) is 37.2. The zero-order chi connectivity index (χ0) is 25.3. The Kier molecular flexibility index (Phi) is 9.76. The number of hydrogen-bond donors (Lipinski definition) is 2. The van der Waals surface area contributed by atoms with Gasteiger partial charge in [0.25, 0.3) is 11.8 Å². The second-order valence-electron chi connectivity index (χ2n) is 7.89. The zero-order valence-corrected chi connectivity index (χ0v) is 20.6. The maximum absolute atomic E-state index is 12.7. The fourth-order valence-electron chi connectivity index (χ4n) is 3.08. The van der Waals surface area contributed by atoms with Crippen molar-refractivity contribution < 1.29 is 27.5 Å². The lowest BCUT2D eigenvalue weighted by Crippen LogP contribution is -2.30. The van der Waals surface area contributed by atoms with Gasteiger partial charge in [0, 0.05) is 19.6 Å². The fraction of sp³-hybridized carbons (Fsp3) is 0.375.